The van der Waals surface area contributed by atoms with E-state index in [-0.39, 0.29) is 5.91 Å². The molecule has 1 N–H and O–H groups in total. The molecule has 2 aromatic heterocycles. The van der Waals surface area contributed by atoms with E-state index in [4.69, 9.17) is 32.7 Å². The number of methoxy groups -OCH3 is 2. The van der Waals surface area contributed by atoms with E-state index in [9.17, 15) is 4.79 Å². The van der Waals surface area contributed by atoms with E-state index >= 15 is 0 Å². The summed E-state index contributed by atoms with van der Waals surface area (Å²) < 4.78 is 10.9. The lowest BCUT2D eigenvalue weighted by molar-refractivity contribution is 0.102. The number of hydrogen-bond acceptors (Lipinski definition) is 7. The molecule has 4 aromatic rings. The molecular weight excluding hydrogens is 549 g/mol. The lowest BCUT2D eigenvalue weighted by Gasteiger charge is -2.33. The molecule has 5 rings (SSSR count). The van der Waals surface area contributed by atoms with Gasteiger partial charge in [0.25, 0.3) is 5.91 Å². The maximum atomic E-state index is 13.4. The molecule has 2 aromatic carbocycles. The van der Waals surface area contributed by atoms with Crippen LogP contribution in [0.5, 0.6) is 11.5 Å². The lowest BCUT2D eigenvalue weighted by Crippen LogP contribution is -2.45. The van der Waals surface area contributed by atoms with Crippen LogP contribution in [0.1, 0.15) is 22.8 Å². The van der Waals surface area contributed by atoms with E-state index in [0.29, 0.717) is 55.0 Å². The number of halogens is 2. The van der Waals surface area contributed by atoms with Gasteiger partial charge in [-0.15, -0.1) is 0 Å². The van der Waals surface area contributed by atoms with E-state index in [1.807, 2.05) is 24.4 Å². The van der Waals surface area contributed by atoms with Crippen molar-refractivity contribution in [3.63, 3.8) is 0 Å². The maximum Gasteiger partial charge on any atom is 0.259 e. The van der Waals surface area contributed by atoms with Crippen LogP contribution in [0, 0.1) is 0 Å². The first-order valence-corrected chi connectivity index (χ1v) is 13.9. The molecule has 10 heteroatoms. The van der Waals surface area contributed by atoms with Crippen LogP contribution >= 0.6 is 23.2 Å². The number of anilines is 1. The van der Waals surface area contributed by atoms with Crippen molar-refractivity contribution >= 4 is 45.8 Å². The third-order valence-electron chi connectivity index (χ3n) is 7.24. The molecule has 1 aliphatic rings. The van der Waals surface area contributed by atoms with Gasteiger partial charge in [0, 0.05) is 62.1 Å². The molecule has 3 heterocycles. The number of carbonyl (C=O) groups is 1. The molecule has 0 atom stereocenters. The molecule has 0 spiro atoms. The van der Waals surface area contributed by atoms with Gasteiger partial charge in [0.05, 0.1) is 35.3 Å². The standard InChI is InChI=1S/C30H31Cl2N5O3/c1-4-36-12-14-37(15-13-36)18-19-7-10-25(34-17-19)35-30(38)22-9-8-20(21-6-5-11-33-29(21)22)26-27(31)23(39-2)16-24(40-3)28(26)32/h5-11,16-17H,4,12-15,18H2,1-3H3,(H,34,35,38). The van der Waals surface area contributed by atoms with Crippen molar-refractivity contribution < 1.29 is 14.3 Å². The van der Waals surface area contributed by atoms with Crippen LogP contribution in [-0.4, -0.2) is 72.6 Å². The summed E-state index contributed by atoms with van der Waals surface area (Å²) in [5, 5.41) is 4.30. The largest absolute Gasteiger partial charge is 0.495 e. The second-order valence-corrected chi connectivity index (χ2v) is 10.3. The number of amides is 1. The second kappa shape index (κ2) is 12.4. The second-order valence-electron chi connectivity index (χ2n) is 9.56. The van der Waals surface area contributed by atoms with Crippen molar-refractivity contribution in [2.75, 3.05) is 52.3 Å². The lowest BCUT2D eigenvalue weighted by atomic mass is 9.97. The Labute approximate surface area is 243 Å². The number of aromatic nitrogens is 2. The van der Waals surface area contributed by atoms with Crippen LogP contribution in [0.15, 0.2) is 54.9 Å². The Morgan fingerprint density at radius 3 is 2.27 bits per heavy atom. The zero-order valence-corrected chi connectivity index (χ0v) is 24.2. The van der Waals surface area contributed by atoms with Crippen LogP contribution in [0.2, 0.25) is 10.0 Å². The highest BCUT2D eigenvalue weighted by atomic mass is 35.5. The Bertz CT molecular complexity index is 1490. The average molecular weight is 581 g/mol. The Balaban J connectivity index is 1.39. The van der Waals surface area contributed by atoms with Gasteiger partial charge in [-0.3, -0.25) is 14.7 Å². The van der Waals surface area contributed by atoms with Crippen molar-refractivity contribution in [1.82, 2.24) is 19.8 Å². The highest BCUT2D eigenvalue weighted by Crippen LogP contribution is 2.47. The number of piperazine rings is 1. The predicted octanol–water partition coefficient (Wildman–Crippen LogP) is 6.01. The number of carbonyl (C=O) groups excluding carboxylic acids is 1. The van der Waals surface area contributed by atoms with E-state index < -0.39 is 0 Å². The van der Waals surface area contributed by atoms with Crippen molar-refractivity contribution in [2.45, 2.75) is 13.5 Å². The first-order chi connectivity index (χ1) is 19.4. The van der Waals surface area contributed by atoms with Gasteiger partial charge >= 0.3 is 0 Å². The SMILES string of the molecule is CCN1CCN(Cc2ccc(NC(=O)c3ccc(-c4c(Cl)c(OC)cc(OC)c4Cl)c4cccnc34)nc2)CC1. The minimum Gasteiger partial charge on any atom is -0.495 e. The number of rotatable bonds is 8. The topological polar surface area (TPSA) is 79.8 Å². The monoisotopic (exact) mass is 579 g/mol. The fourth-order valence-corrected chi connectivity index (χ4v) is 5.70. The summed E-state index contributed by atoms with van der Waals surface area (Å²) >= 11 is 13.4. The van der Waals surface area contributed by atoms with E-state index in [0.717, 1.165) is 44.8 Å². The summed E-state index contributed by atoms with van der Waals surface area (Å²) in [6.07, 6.45) is 3.47. The van der Waals surface area contributed by atoms with E-state index in [1.54, 1.807) is 30.5 Å². The summed E-state index contributed by atoms with van der Waals surface area (Å²) in [6, 6.07) is 12.7. The van der Waals surface area contributed by atoms with Crippen LogP contribution in [0.25, 0.3) is 22.0 Å². The summed E-state index contributed by atoms with van der Waals surface area (Å²) in [6.45, 7) is 8.39. The van der Waals surface area contributed by atoms with E-state index in [1.165, 1.54) is 14.2 Å². The van der Waals surface area contributed by atoms with Crippen molar-refractivity contribution in [2.24, 2.45) is 0 Å². The van der Waals surface area contributed by atoms with Gasteiger partial charge in [0.2, 0.25) is 0 Å². The van der Waals surface area contributed by atoms with E-state index in [2.05, 4.69) is 32.0 Å². The van der Waals surface area contributed by atoms with Crippen LogP contribution < -0.4 is 14.8 Å². The number of nitrogens with zero attached hydrogens (tertiary/aromatic N) is 4. The molecule has 8 nitrogen and oxygen atoms in total. The van der Waals surface area contributed by atoms with Gasteiger partial charge in [-0.1, -0.05) is 48.3 Å². The quantitative estimate of drug-likeness (QED) is 0.274. The third kappa shape index (κ3) is 5.71. The Hall–Kier alpha value is -3.43. The van der Waals surface area contributed by atoms with Gasteiger partial charge in [0.15, 0.2) is 0 Å². The number of pyridine rings is 2. The van der Waals surface area contributed by atoms with Gasteiger partial charge in [-0.2, -0.15) is 0 Å². The zero-order valence-electron chi connectivity index (χ0n) is 22.7. The minimum atomic E-state index is -0.313. The number of hydrogen-bond donors (Lipinski definition) is 1. The molecule has 208 valence electrons. The first kappa shape index (κ1) is 28.1. The summed E-state index contributed by atoms with van der Waals surface area (Å²) in [5.41, 5.74) is 3.27. The van der Waals surface area contributed by atoms with Gasteiger partial charge in [0.1, 0.15) is 17.3 Å². The minimum absolute atomic E-state index is 0.313. The fraction of sp³-hybridized carbons (Fsp3) is 0.300. The summed E-state index contributed by atoms with van der Waals surface area (Å²) in [4.78, 5) is 27.3. The van der Waals surface area contributed by atoms with Crippen molar-refractivity contribution in [1.29, 1.82) is 0 Å². The first-order valence-electron chi connectivity index (χ1n) is 13.1. The molecule has 0 saturated carbocycles. The number of ether oxygens (including phenoxy) is 2. The Kier molecular flexibility index (Phi) is 8.71. The molecule has 0 radical (unpaired) electrons. The van der Waals surface area contributed by atoms with Gasteiger partial charge in [-0.05, 0) is 35.9 Å². The highest BCUT2D eigenvalue weighted by Gasteiger charge is 2.23. The Morgan fingerprint density at radius 1 is 0.950 bits per heavy atom. The number of nitrogens with one attached hydrogen (secondary N) is 1. The Morgan fingerprint density at radius 2 is 1.65 bits per heavy atom. The summed E-state index contributed by atoms with van der Waals surface area (Å²) in [7, 11) is 3.05. The molecule has 0 unspecified atom stereocenters. The van der Waals surface area contributed by atoms with Crippen molar-refractivity contribution in [3.8, 4) is 22.6 Å². The molecule has 1 saturated heterocycles. The van der Waals surface area contributed by atoms with Gasteiger partial charge in [-0.25, -0.2) is 4.98 Å². The molecule has 40 heavy (non-hydrogen) atoms. The molecule has 0 bridgehead atoms. The predicted molar refractivity (Wildman–Crippen MR) is 160 cm³/mol. The molecule has 1 aliphatic heterocycles. The zero-order chi connectivity index (χ0) is 28.2. The van der Waals surface area contributed by atoms with Crippen LogP contribution in [0.4, 0.5) is 5.82 Å². The number of likely N-dealkylation sites (N-methyl/N-ethyl adjacent to an activating group) is 1. The normalized spacial score (nSPS) is 14.3. The third-order valence-corrected chi connectivity index (χ3v) is 7.99. The smallest absolute Gasteiger partial charge is 0.259 e. The number of benzene rings is 2. The van der Waals surface area contributed by atoms with Gasteiger partial charge < -0.3 is 19.7 Å². The molecular formula is C30H31Cl2N5O3. The average Bonchev–Trinajstić information content (AvgIpc) is 2.98. The molecule has 1 fully saturated rings. The summed E-state index contributed by atoms with van der Waals surface area (Å²) in [5.74, 6) is 1.01. The van der Waals surface area contributed by atoms with Crippen molar-refractivity contribution in [3.05, 3.63) is 76.0 Å². The highest BCUT2D eigenvalue weighted by molar-refractivity contribution is 6.41. The number of fused-ring (bicyclic) bond motifs is 1. The maximum absolute atomic E-state index is 13.4. The molecule has 1 amide bonds. The molecule has 0 aliphatic carbocycles. The van der Waals surface area contributed by atoms with Crippen LogP contribution in [0.3, 0.4) is 0 Å². The van der Waals surface area contributed by atoms with Crippen LogP contribution in [-0.2, 0) is 6.54 Å². The fourth-order valence-electron chi connectivity index (χ4n) is 4.99.